The number of methoxy groups -OCH3 is 1. The summed E-state index contributed by atoms with van der Waals surface area (Å²) in [5, 5.41) is 21.5. The third-order valence-corrected chi connectivity index (χ3v) is 2.57. The minimum Gasteiger partial charge on any atom is -0.508 e. The Bertz CT molecular complexity index is 593. The summed E-state index contributed by atoms with van der Waals surface area (Å²) in [7, 11) is 1.48. The van der Waals surface area contributed by atoms with Crippen molar-refractivity contribution in [2.24, 2.45) is 0 Å². The number of hydrogen-bond acceptors (Lipinski definition) is 4. The standard InChI is InChI=1S/C14H13NO4/c1-19-11-6-7-12(13(17)8-11)14(18)15-9-2-4-10(16)5-3-9/h2-8,16-17H,1H3,(H,15,18). The SMILES string of the molecule is COc1ccc(C(=O)Nc2ccc(O)cc2)c(O)c1. The molecule has 2 rings (SSSR count). The van der Waals surface area contributed by atoms with Gasteiger partial charge >= 0.3 is 0 Å². The number of carbonyl (C=O) groups excluding carboxylic acids is 1. The molecule has 0 saturated heterocycles. The average Bonchev–Trinajstić information content (AvgIpc) is 2.41. The lowest BCUT2D eigenvalue weighted by Crippen LogP contribution is -2.11. The Morgan fingerprint density at radius 3 is 2.37 bits per heavy atom. The largest absolute Gasteiger partial charge is 0.508 e. The predicted octanol–water partition coefficient (Wildman–Crippen LogP) is 2.36. The quantitative estimate of drug-likeness (QED) is 0.739. The first-order chi connectivity index (χ1) is 9.10. The fourth-order valence-corrected chi connectivity index (χ4v) is 1.57. The molecule has 0 spiro atoms. The van der Waals surface area contributed by atoms with E-state index < -0.39 is 5.91 Å². The third-order valence-electron chi connectivity index (χ3n) is 2.57. The lowest BCUT2D eigenvalue weighted by Gasteiger charge is -2.08. The highest BCUT2D eigenvalue weighted by Gasteiger charge is 2.12. The van der Waals surface area contributed by atoms with E-state index in [9.17, 15) is 9.90 Å². The number of nitrogens with one attached hydrogen (secondary N) is 1. The number of amides is 1. The van der Waals surface area contributed by atoms with Crippen molar-refractivity contribution in [3.8, 4) is 17.2 Å². The van der Waals surface area contributed by atoms with E-state index in [1.54, 1.807) is 18.2 Å². The van der Waals surface area contributed by atoms with Gasteiger partial charge in [-0.05, 0) is 36.4 Å². The van der Waals surface area contributed by atoms with E-state index >= 15 is 0 Å². The molecule has 2 aromatic rings. The Hall–Kier alpha value is -2.69. The van der Waals surface area contributed by atoms with Gasteiger partial charge in [-0.1, -0.05) is 0 Å². The van der Waals surface area contributed by atoms with Crippen molar-refractivity contribution in [2.75, 3.05) is 12.4 Å². The van der Waals surface area contributed by atoms with Gasteiger partial charge in [0.25, 0.3) is 5.91 Å². The fraction of sp³-hybridized carbons (Fsp3) is 0.0714. The molecular formula is C14H13NO4. The molecule has 0 saturated carbocycles. The molecule has 5 nitrogen and oxygen atoms in total. The number of benzene rings is 2. The third kappa shape index (κ3) is 2.95. The van der Waals surface area contributed by atoms with Crippen LogP contribution in [0.15, 0.2) is 42.5 Å². The Labute approximate surface area is 110 Å². The van der Waals surface area contributed by atoms with Crippen molar-refractivity contribution in [3.63, 3.8) is 0 Å². The summed E-state index contributed by atoms with van der Waals surface area (Å²) in [6, 6.07) is 10.5. The molecule has 0 aliphatic heterocycles. The summed E-state index contributed by atoms with van der Waals surface area (Å²) in [4.78, 5) is 11.9. The Morgan fingerprint density at radius 1 is 1.11 bits per heavy atom. The van der Waals surface area contributed by atoms with Crippen molar-refractivity contribution in [1.29, 1.82) is 0 Å². The van der Waals surface area contributed by atoms with Crippen LogP contribution in [0.3, 0.4) is 0 Å². The van der Waals surface area contributed by atoms with E-state index in [2.05, 4.69) is 5.32 Å². The monoisotopic (exact) mass is 259 g/mol. The number of phenolic OH excluding ortho intramolecular Hbond substituents is 2. The Balaban J connectivity index is 2.18. The van der Waals surface area contributed by atoms with E-state index in [0.717, 1.165) is 0 Å². The van der Waals surface area contributed by atoms with Crippen molar-refractivity contribution in [1.82, 2.24) is 0 Å². The van der Waals surface area contributed by atoms with Crippen LogP contribution in [-0.4, -0.2) is 23.2 Å². The summed E-state index contributed by atoms with van der Waals surface area (Å²) in [6.45, 7) is 0. The molecule has 0 atom stereocenters. The zero-order valence-electron chi connectivity index (χ0n) is 10.3. The molecule has 0 fully saturated rings. The number of anilines is 1. The van der Waals surface area contributed by atoms with Gasteiger partial charge in [0.05, 0.1) is 12.7 Å². The molecular weight excluding hydrogens is 246 g/mol. The van der Waals surface area contributed by atoms with E-state index in [-0.39, 0.29) is 17.1 Å². The first-order valence-corrected chi connectivity index (χ1v) is 5.57. The molecule has 19 heavy (non-hydrogen) atoms. The first-order valence-electron chi connectivity index (χ1n) is 5.57. The van der Waals surface area contributed by atoms with Crippen LogP contribution in [0.5, 0.6) is 17.2 Å². The predicted molar refractivity (Wildman–Crippen MR) is 70.7 cm³/mol. The van der Waals surface area contributed by atoms with Gasteiger partial charge in [0.2, 0.25) is 0 Å². The summed E-state index contributed by atoms with van der Waals surface area (Å²) in [5.74, 6) is -0.00884. The molecule has 0 bridgehead atoms. The van der Waals surface area contributed by atoms with Crippen LogP contribution in [0.1, 0.15) is 10.4 Å². The van der Waals surface area contributed by atoms with Gasteiger partial charge in [0.15, 0.2) is 0 Å². The maximum atomic E-state index is 11.9. The second-order valence-electron chi connectivity index (χ2n) is 3.88. The normalized spacial score (nSPS) is 9.95. The van der Waals surface area contributed by atoms with Crippen LogP contribution in [0, 0.1) is 0 Å². The van der Waals surface area contributed by atoms with Gasteiger partial charge in [0.1, 0.15) is 17.2 Å². The van der Waals surface area contributed by atoms with Crippen molar-refractivity contribution in [2.45, 2.75) is 0 Å². The van der Waals surface area contributed by atoms with E-state index in [0.29, 0.717) is 11.4 Å². The smallest absolute Gasteiger partial charge is 0.259 e. The van der Waals surface area contributed by atoms with Crippen LogP contribution < -0.4 is 10.1 Å². The molecule has 0 unspecified atom stereocenters. The van der Waals surface area contributed by atoms with Gasteiger partial charge < -0.3 is 20.3 Å². The van der Waals surface area contributed by atoms with E-state index in [1.807, 2.05) is 0 Å². The lowest BCUT2D eigenvalue weighted by atomic mass is 10.1. The Morgan fingerprint density at radius 2 is 1.79 bits per heavy atom. The second kappa shape index (κ2) is 5.30. The number of carbonyl (C=O) groups is 1. The molecule has 98 valence electrons. The highest BCUT2D eigenvalue weighted by atomic mass is 16.5. The molecule has 5 heteroatoms. The van der Waals surface area contributed by atoms with Crippen molar-refractivity contribution >= 4 is 11.6 Å². The maximum Gasteiger partial charge on any atom is 0.259 e. The zero-order valence-corrected chi connectivity index (χ0v) is 10.3. The molecule has 2 aromatic carbocycles. The molecule has 1 amide bonds. The number of hydrogen-bond donors (Lipinski definition) is 3. The number of ether oxygens (including phenoxy) is 1. The van der Waals surface area contributed by atoms with Crippen LogP contribution in [-0.2, 0) is 0 Å². The van der Waals surface area contributed by atoms with Crippen LogP contribution in [0.2, 0.25) is 0 Å². The summed E-state index contributed by atoms with van der Waals surface area (Å²) < 4.78 is 4.94. The minimum atomic E-state index is -0.439. The first kappa shape index (κ1) is 12.8. The lowest BCUT2D eigenvalue weighted by molar-refractivity contribution is 0.102. The van der Waals surface area contributed by atoms with Crippen LogP contribution >= 0.6 is 0 Å². The molecule has 0 aromatic heterocycles. The zero-order chi connectivity index (χ0) is 13.8. The van der Waals surface area contributed by atoms with Gasteiger partial charge in [-0.2, -0.15) is 0 Å². The molecule has 0 heterocycles. The van der Waals surface area contributed by atoms with Crippen molar-refractivity contribution < 1.29 is 19.7 Å². The highest BCUT2D eigenvalue weighted by Crippen LogP contribution is 2.24. The maximum absolute atomic E-state index is 11.9. The Kier molecular flexibility index (Phi) is 3.56. The summed E-state index contributed by atoms with van der Waals surface area (Å²) in [6.07, 6.45) is 0. The van der Waals surface area contributed by atoms with Crippen LogP contribution in [0.25, 0.3) is 0 Å². The average molecular weight is 259 g/mol. The topological polar surface area (TPSA) is 78.8 Å². The number of aromatic hydroxyl groups is 2. The van der Waals surface area contributed by atoms with Gasteiger partial charge in [0, 0.05) is 11.8 Å². The minimum absolute atomic E-state index is 0.116. The molecule has 0 aliphatic rings. The number of rotatable bonds is 3. The van der Waals surface area contributed by atoms with Gasteiger partial charge in [-0.15, -0.1) is 0 Å². The molecule has 0 aliphatic carbocycles. The molecule has 3 N–H and O–H groups in total. The van der Waals surface area contributed by atoms with E-state index in [1.165, 1.54) is 31.4 Å². The highest BCUT2D eigenvalue weighted by molar-refractivity contribution is 6.06. The number of phenols is 2. The van der Waals surface area contributed by atoms with Crippen LogP contribution in [0.4, 0.5) is 5.69 Å². The van der Waals surface area contributed by atoms with Gasteiger partial charge in [-0.3, -0.25) is 4.79 Å². The second-order valence-corrected chi connectivity index (χ2v) is 3.88. The summed E-state index contributed by atoms with van der Waals surface area (Å²) >= 11 is 0. The van der Waals surface area contributed by atoms with Gasteiger partial charge in [-0.25, -0.2) is 0 Å². The molecule has 0 radical (unpaired) electrons. The summed E-state index contributed by atoms with van der Waals surface area (Å²) in [5.41, 5.74) is 0.673. The van der Waals surface area contributed by atoms with Crippen molar-refractivity contribution in [3.05, 3.63) is 48.0 Å². The van der Waals surface area contributed by atoms with E-state index in [4.69, 9.17) is 9.84 Å². The fourth-order valence-electron chi connectivity index (χ4n) is 1.57.